The van der Waals surface area contributed by atoms with Gasteiger partial charge in [-0.1, -0.05) is 48.0 Å². The van der Waals surface area contributed by atoms with Crippen molar-refractivity contribution in [1.29, 1.82) is 0 Å². The lowest BCUT2D eigenvalue weighted by Gasteiger charge is -2.16. The molecule has 30 heavy (non-hydrogen) atoms. The van der Waals surface area contributed by atoms with Gasteiger partial charge in [-0.3, -0.25) is 9.79 Å². The van der Waals surface area contributed by atoms with Gasteiger partial charge >= 0.3 is 0 Å². The largest absolute Gasteiger partial charge is 0.495 e. The van der Waals surface area contributed by atoms with Gasteiger partial charge in [-0.25, -0.2) is 4.57 Å². The fourth-order valence-corrected chi connectivity index (χ4v) is 3.61. The number of nitrogens with zero attached hydrogens (tertiary/aromatic N) is 2. The number of aromatic hydroxyl groups is 1. The molecule has 5 heteroatoms. The maximum atomic E-state index is 13.2. The lowest BCUT2D eigenvalue weighted by molar-refractivity contribution is 0.404. The number of aryl methyl sites for hydroxylation is 2. The predicted molar refractivity (Wildman–Crippen MR) is 121 cm³/mol. The van der Waals surface area contributed by atoms with E-state index in [2.05, 4.69) is 11.1 Å². The number of benzene rings is 3. The average Bonchev–Trinajstić information content (AvgIpc) is 2.75. The van der Waals surface area contributed by atoms with Crippen molar-refractivity contribution in [1.82, 2.24) is 4.57 Å². The zero-order chi connectivity index (χ0) is 21.3. The molecule has 0 aliphatic rings. The molecule has 0 amide bonds. The van der Waals surface area contributed by atoms with E-state index in [1.54, 1.807) is 36.5 Å². The Morgan fingerprint density at radius 2 is 1.67 bits per heavy atom. The normalized spacial score (nSPS) is 11.3. The smallest absolute Gasteiger partial charge is 0.265 e. The molecule has 0 atom stereocenters. The van der Waals surface area contributed by atoms with Gasteiger partial charge in [-0.2, -0.15) is 0 Å². The molecule has 0 fully saturated rings. The Kier molecular flexibility index (Phi) is 5.11. The van der Waals surface area contributed by atoms with Crippen molar-refractivity contribution in [3.63, 3.8) is 0 Å². The summed E-state index contributed by atoms with van der Waals surface area (Å²) >= 11 is 0. The van der Waals surface area contributed by atoms with Gasteiger partial charge in [0.15, 0.2) is 0 Å². The predicted octanol–water partition coefficient (Wildman–Crippen LogP) is 5.07. The molecule has 1 N–H and O–H groups in total. The monoisotopic (exact) mass is 398 g/mol. The second-order valence-corrected chi connectivity index (χ2v) is 7.14. The molecular formula is C25H22N2O3. The number of para-hydroxylation sites is 2. The minimum absolute atomic E-state index is 0.184. The maximum Gasteiger partial charge on any atom is 0.265 e. The third kappa shape index (κ3) is 3.35. The van der Waals surface area contributed by atoms with Crippen LogP contribution in [0.3, 0.4) is 0 Å². The Labute approximate surface area is 174 Å². The van der Waals surface area contributed by atoms with Crippen LogP contribution in [0, 0.1) is 13.8 Å². The van der Waals surface area contributed by atoms with E-state index in [-0.39, 0.29) is 11.4 Å². The van der Waals surface area contributed by atoms with Crippen LogP contribution in [0.2, 0.25) is 0 Å². The first kappa shape index (κ1) is 19.5. The van der Waals surface area contributed by atoms with Crippen LogP contribution in [0.4, 0.5) is 5.69 Å². The van der Waals surface area contributed by atoms with Crippen molar-refractivity contribution in [2.75, 3.05) is 7.11 Å². The maximum absolute atomic E-state index is 13.2. The summed E-state index contributed by atoms with van der Waals surface area (Å²) in [5, 5.41) is 12.3. The van der Waals surface area contributed by atoms with E-state index in [0.717, 1.165) is 16.8 Å². The number of ether oxygens (including phenoxy) is 1. The van der Waals surface area contributed by atoms with Crippen LogP contribution in [0.15, 0.2) is 76.5 Å². The number of aliphatic imine (C=N–C) groups is 1. The standard InChI is InChI=1S/C25H22N2O3/c1-16-12-13-21(17(2)14-16)26-15-20-18-8-4-5-9-19(18)24(28)27(25(20)29)22-10-6-7-11-23(22)30-3/h4-15,29H,1-3H3. The highest BCUT2D eigenvalue weighted by molar-refractivity contribution is 6.02. The van der Waals surface area contributed by atoms with E-state index in [9.17, 15) is 9.90 Å². The zero-order valence-electron chi connectivity index (χ0n) is 17.1. The molecule has 4 aromatic rings. The van der Waals surface area contributed by atoms with E-state index in [4.69, 9.17) is 4.74 Å². The van der Waals surface area contributed by atoms with Crippen LogP contribution in [-0.4, -0.2) is 23.0 Å². The van der Waals surface area contributed by atoms with Crippen LogP contribution in [0.1, 0.15) is 16.7 Å². The highest BCUT2D eigenvalue weighted by Gasteiger charge is 2.18. The number of pyridine rings is 1. The molecule has 4 rings (SSSR count). The topological polar surface area (TPSA) is 63.8 Å². The summed E-state index contributed by atoms with van der Waals surface area (Å²) in [4.78, 5) is 17.8. The summed E-state index contributed by atoms with van der Waals surface area (Å²) in [5.74, 6) is 0.305. The molecule has 0 saturated carbocycles. The van der Waals surface area contributed by atoms with Crippen molar-refractivity contribution in [2.24, 2.45) is 4.99 Å². The lowest BCUT2D eigenvalue weighted by Crippen LogP contribution is -2.20. The summed E-state index contributed by atoms with van der Waals surface area (Å²) in [7, 11) is 1.53. The fourth-order valence-electron chi connectivity index (χ4n) is 3.61. The lowest BCUT2D eigenvalue weighted by atomic mass is 10.1. The van der Waals surface area contributed by atoms with Gasteiger partial charge in [0.2, 0.25) is 5.88 Å². The third-order valence-electron chi connectivity index (χ3n) is 5.11. The third-order valence-corrected chi connectivity index (χ3v) is 5.11. The molecule has 150 valence electrons. The van der Waals surface area contributed by atoms with Gasteiger partial charge in [-0.15, -0.1) is 0 Å². The molecule has 0 spiro atoms. The Balaban J connectivity index is 2.00. The fraction of sp³-hybridized carbons (Fsp3) is 0.120. The molecule has 5 nitrogen and oxygen atoms in total. The first-order valence-electron chi connectivity index (χ1n) is 9.62. The molecule has 0 saturated heterocycles. The summed E-state index contributed by atoms with van der Waals surface area (Å²) in [5.41, 5.74) is 3.61. The van der Waals surface area contributed by atoms with Crippen LogP contribution >= 0.6 is 0 Å². The van der Waals surface area contributed by atoms with Crippen molar-refractivity contribution in [3.8, 4) is 17.3 Å². The summed E-state index contributed by atoms with van der Waals surface area (Å²) in [6.45, 7) is 4.02. The number of rotatable bonds is 4. The SMILES string of the molecule is COc1ccccc1-n1c(O)c(C=Nc2ccc(C)cc2C)c2ccccc2c1=O. The van der Waals surface area contributed by atoms with Crippen LogP contribution in [-0.2, 0) is 0 Å². The van der Waals surface area contributed by atoms with E-state index in [0.29, 0.717) is 27.8 Å². The number of hydrogen-bond donors (Lipinski definition) is 1. The minimum atomic E-state index is -0.323. The van der Waals surface area contributed by atoms with Gasteiger partial charge < -0.3 is 9.84 Å². The molecule has 0 aliphatic carbocycles. The molecule has 0 aliphatic heterocycles. The second kappa shape index (κ2) is 7.87. The Hall–Kier alpha value is -3.86. The van der Waals surface area contributed by atoms with E-state index >= 15 is 0 Å². The van der Waals surface area contributed by atoms with Gasteiger partial charge in [0.05, 0.1) is 24.0 Å². The Morgan fingerprint density at radius 3 is 2.40 bits per heavy atom. The first-order chi connectivity index (χ1) is 14.5. The number of methoxy groups -OCH3 is 1. The molecule has 0 radical (unpaired) electrons. The minimum Gasteiger partial charge on any atom is -0.495 e. The molecular weight excluding hydrogens is 376 g/mol. The first-order valence-corrected chi connectivity index (χ1v) is 9.62. The Morgan fingerprint density at radius 1 is 0.967 bits per heavy atom. The summed E-state index contributed by atoms with van der Waals surface area (Å²) in [6.07, 6.45) is 1.61. The molecule has 1 heterocycles. The average molecular weight is 398 g/mol. The van der Waals surface area contributed by atoms with Crippen molar-refractivity contribution >= 4 is 22.7 Å². The highest BCUT2D eigenvalue weighted by atomic mass is 16.5. The zero-order valence-corrected chi connectivity index (χ0v) is 17.1. The summed E-state index contributed by atoms with van der Waals surface area (Å²) < 4.78 is 6.68. The van der Waals surface area contributed by atoms with Crippen LogP contribution in [0.5, 0.6) is 11.6 Å². The van der Waals surface area contributed by atoms with E-state index in [1.807, 2.05) is 44.2 Å². The van der Waals surface area contributed by atoms with Crippen molar-refractivity contribution in [2.45, 2.75) is 13.8 Å². The molecule has 3 aromatic carbocycles. The Bertz CT molecular complexity index is 1340. The van der Waals surface area contributed by atoms with E-state index in [1.165, 1.54) is 11.7 Å². The summed E-state index contributed by atoms with van der Waals surface area (Å²) in [6, 6.07) is 20.3. The quantitative estimate of drug-likeness (QED) is 0.488. The number of fused-ring (bicyclic) bond motifs is 1. The van der Waals surface area contributed by atoms with Crippen LogP contribution < -0.4 is 10.3 Å². The van der Waals surface area contributed by atoms with Crippen molar-refractivity contribution < 1.29 is 9.84 Å². The van der Waals surface area contributed by atoms with Gasteiger partial charge in [0.1, 0.15) is 5.75 Å². The number of aromatic nitrogens is 1. The molecule has 0 bridgehead atoms. The van der Waals surface area contributed by atoms with Gasteiger partial charge in [-0.05, 0) is 43.7 Å². The van der Waals surface area contributed by atoms with Crippen LogP contribution in [0.25, 0.3) is 16.5 Å². The van der Waals surface area contributed by atoms with Gasteiger partial charge in [0, 0.05) is 17.0 Å². The van der Waals surface area contributed by atoms with Crippen molar-refractivity contribution in [3.05, 3.63) is 93.8 Å². The molecule has 0 unspecified atom stereocenters. The van der Waals surface area contributed by atoms with Gasteiger partial charge in [0.25, 0.3) is 5.56 Å². The molecule has 1 aromatic heterocycles. The highest BCUT2D eigenvalue weighted by Crippen LogP contribution is 2.30. The second-order valence-electron chi connectivity index (χ2n) is 7.14. The van der Waals surface area contributed by atoms with E-state index < -0.39 is 0 Å². The number of hydrogen-bond acceptors (Lipinski definition) is 4.